The Morgan fingerprint density at radius 1 is 1.13 bits per heavy atom. The number of hydrogen-bond acceptors (Lipinski definition) is 11. The number of aromatic hydroxyl groups is 1. The Kier molecular flexibility index (Phi) is 10.3. The average molecular weight is 744 g/mol. The topological polar surface area (TPSA) is 159 Å². The van der Waals surface area contributed by atoms with Crippen LogP contribution >= 0.6 is 11.6 Å². The molecule has 2 aliphatic rings. The van der Waals surface area contributed by atoms with E-state index in [0.29, 0.717) is 17.9 Å². The van der Waals surface area contributed by atoms with Gasteiger partial charge in [-0.05, 0) is 44.4 Å². The van der Waals surface area contributed by atoms with E-state index in [1.165, 1.54) is 17.4 Å². The highest BCUT2D eigenvalue weighted by molar-refractivity contribution is 6.33. The molecule has 2 atom stereocenters. The normalized spacial score (nSPS) is 17.6. The van der Waals surface area contributed by atoms with E-state index >= 15 is 0 Å². The van der Waals surface area contributed by atoms with Gasteiger partial charge < -0.3 is 34.4 Å². The maximum atomic E-state index is 14.4. The lowest BCUT2D eigenvalue weighted by Crippen LogP contribution is -2.51. The number of halogens is 4. The summed E-state index contributed by atoms with van der Waals surface area (Å²) in [5.74, 6) is -0.955. The Bertz CT molecular complexity index is 2090. The van der Waals surface area contributed by atoms with Crippen molar-refractivity contribution in [2.75, 3.05) is 55.5 Å². The number of piperazine rings is 1. The number of rotatable bonds is 9. The van der Waals surface area contributed by atoms with Crippen molar-refractivity contribution in [3.05, 3.63) is 68.6 Å². The lowest BCUT2D eigenvalue weighted by molar-refractivity contribution is -0.137. The molecule has 0 bridgehead atoms. The third-order valence-corrected chi connectivity index (χ3v) is 9.97. The number of methoxy groups -OCH3 is 1. The van der Waals surface area contributed by atoms with Crippen LogP contribution in [-0.4, -0.2) is 98.8 Å². The number of likely N-dealkylation sites (N-methyl/N-ethyl adjacent to an activating group) is 1. The number of ether oxygens (including phenoxy) is 1. The van der Waals surface area contributed by atoms with Crippen LogP contribution in [0, 0.1) is 6.92 Å². The molecule has 3 aromatic heterocycles. The summed E-state index contributed by atoms with van der Waals surface area (Å²) in [6, 6.07) is 2.66. The number of aryl methyl sites for hydroxylation is 1. The molecular formula is C34H37ClF3N9O5. The number of nitrogens with one attached hydrogen (secondary N) is 1. The van der Waals surface area contributed by atoms with Gasteiger partial charge in [-0.1, -0.05) is 18.5 Å². The van der Waals surface area contributed by atoms with Gasteiger partial charge in [-0.25, -0.2) is 19.9 Å². The van der Waals surface area contributed by atoms with E-state index in [2.05, 4.69) is 20.3 Å². The predicted octanol–water partition coefficient (Wildman–Crippen LogP) is 4.04. The second-order valence-corrected chi connectivity index (χ2v) is 13.1. The van der Waals surface area contributed by atoms with Crippen molar-refractivity contribution in [3.8, 4) is 5.75 Å². The fraction of sp³-hybridized carbons (Fsp3) is 0.441. The summed E-state index contributed by atoms with van der Waals surface area (Å²) in [4.78, 5) is 63.8. The molecule has 14 nitrogen and oxygen atoms in total. The zero-order valence-electron chi connectivity index (χ0n) is 28.9. The van der Waals surface area contributed by atoms with Crippen molar-refractivity contribution in [1.82, 2.24) is 29.4 Å². The summed E-state index contributed by atoms with van der Waals surface area (Å²) in [6.07, 6.45) is 0.152. The minimum atomic E-state index is -4.61. The van der Waals surface area contributed by atoms with Crippen LogP contribution in [0.1, 0.15) is 47.2 Å². The zero-order chi connectivity index (χ0) is 37.5. The molecule has 1 aliphatic carbocycles. The predicted molar refractivity (Wildman–Crippen MR) is 187 cm³/mol. The number of benzene rings is 1. The Balaban J connectivity index is 1.36. The number of nitrogens with zero attached hydrogens (tertiary/aromatic N) is 8. The smallest absolute Gasteiger partial charge is 0.416 e. The van der Waals surface area contributed by atoms with Gasteiger partial charge >= 0.3 is 6.18 Å². The van der Waals surface area contributed by atoms with Crippen LogP contribution < -0.4 is 20.5 Å². The highest BCUT2D eigenvalue weighted by Gasteiger charge is 2.36. The number of pyridine rings is 1. The number of anilines is 3. The quantitative estimate of drug-likeness (QED) is 0.255. The van der Waals surface area contributed by atoms with Gasteiger partial charge in [0.15, 0.2) is 22.6 Å². The van der Waals surface area contributed by atoms with E-state index in [-0.39, 0.29) is 89.6 Å². The van der Waals surface area contributed by atoms with Gasteiger partial charge in [0.1, 0.15) is 24.4 Å². The summed E-state index contributed by atoms with van der Waals surface area (Å²) >= 11 is 6.13. The molecule has 0 radical (unpaired) electrons. The number of aromatic nitrogens is 5. The summed E-state index contributed by atoms with van der Waals surface area (Å²) in [7, 11) is 3.49. The molecule has 4 heterocycles. The lowest BCUT2D eigenvalue weighted by atomic mass is 9.88. The first-order valence-corrected chi connectivity index (χ1v) is 17.0. The van der Waals surface area contributed by atoms with Crippen LogP contribution in [0.4, 0.5) is 30.4 Å². The molecule has 52 heavy (non-hydrogen) atoms. The van der Waals surface area contributed by atoms with Gasteiger partial charge in [0.05, 0.1) is 40.3 Å². The number of amides is 2. The van der Waals surface area contributed by atoms with Gasteiger partial charge in [-0.3, -0.25) is 14.4 Å². The van der Waals surface area contributed by atoms with Crippen molar-refractivity contribution in [2.24, 2.45) is 0 Å². The first-order chi connectivity index (χ1) is 24.7. The minimum absolute atomic E-state index is 0.00918. The molecule has 1 saturated carbocycles. The third-order valence-electron chi connectivity index (χ3n) is 9.66. The monoisotopic (exact) mass is 743 g/mol. The first-order valence-electron chi connectivity index (χ1n) is 16.6. The second-order valence-electron chi connectivity index (χ2n) is 12.7. The molecule has 2 fully saturated rings. The van der Waals surface area contributed by atoms with Gasteiger partial charge in [-0.2, -0.15) is 13.2 Å². The molecular weight excluding hydrogens is 707 g/mol. The highest BCUT2D eigenvalue weighted by Crippen LogP contribution is 2.34. The van der Waals surface area contributed by atoms with E-state index in [9.17, 15) is 32.7 Å². The fourth-order valence-corrected chi connectivity index (χ4v) is 6.85. The van der Waals surface area contributed by atoms with Crippen LogP contribution in [0.3, 0.4) is 0 Å². The maximum absolute atomic E-state index is 14.4. The summed E-state index contributed by atoms with van der Waals surface area (Å²) < 4.78 is 46.8. The van der Waals surface area contributed by atoms with Crippen LogP contribution in [0.15, 0.2) is 35.5 Å². The van der Waals surface area contributed by atoms with Crippen molar-refractivity contribution in [1.29, 1.82) is 0 Å². The van der Waals surface area contributed by atoms with Gasteiger partial charge in [-0.15, -0.1) is 0 Å². The van der Waals surface area contributed by atoms with E-state index < -0.39 is 29.0 Å². The molecule has 4 aromatic rings. The standard InChI is InChI=1S/C34H37ClF3N9O5/c1-5-22-29(45-10-12-46(13-11-45)33(51)28-30(49)18(2)40-17-41-28)31(50)27-32(39-15-25(43-27)44(3)23-8-9-24(23)52-4)47(22)16-26(48)42-21-7-6-19(14-20(21)35)34(36,37)38/h6-7,14-15,17,23-24,49H,5,8-13,16H2,1-4H3,(H,42,48)/t23-,24-/m0/s1. The van der Waals surface area contributed by atoms with Crippen LogP contribution in [0.25, 0.3) is 11.2 Å². The minimum Gasteiger partial charge on any atom is -0.504 e. The van der Waals surface area contributed by atoms with Crippen molar-refractivity contribution >= 4 is 51.8 Å². The van der Waals surface area contributed by atoms with Crippen LogP contribution in [0.5, 0.6) is 5.75 Å². The van der Waals surface area contributed by atoms with E-state index in [4.69, 9.17) is 21.3 Å². The largest absolute Gasteiger partial charge is 0.504 e. The molecule has 6 rings (SSSR count). The van der Waals surface area contributed by atoms with Gasteiger partial charge in [0.2, 0.25) is 11.3 Å². The Hall–Kier alpha value is -5.03. The summed E-state index contributed by atoms with van der Waals surface area (Å²) in [5.41, 5.74) is -0.291. The first kappa shape index (κ1) is 36.8. The number of alkyl halides is 3. The second kappa shape index (κ2) is 14.5. The number of hydrogen-bond donors (Lipinski definition) is 2. The van der Waals surface area contributed by atoms with Gasteiger partial charge in [0.25, 0.3) is 5.91 Å². The third kappa shape index (κ3) is 6.93. The van der Waals surface area contributed by atoms with E-state index in [0.717, 1.165) is 31.0 Å². The number of fused-ring (bicyclic) bond motifs is 1. The number of carbonyl (C=O) groups is 2. The summed E-state index contributed by atoms with van der Waals surface area (Å²) in [5, 5.41) is 12.7. The van der Waals surface area contributed by atoms with E-state index in [1.807, 2.05) is 23.8 Å². The van der Waals surface area contributed by atoms with E-state index in [1.54, 1.807) is 18.6 Å². The van der Waals surface area contributed by atoms with Crippen LogP contribution in [0.2, 0.25) is 5.02 Å². The molecule has 276 valence electrons. The average Bonchev–Trinajstić information content (AvgIpc) is 3.10. The molecule has 1 saturated heterocycles. The SMILES string of the molecule is CCc1c(N2CCN(C(=O)c3ncnc(C)c3O)CC2)c(=O)c2nc(N(C)[C@H]3CC[C@@H]3OC)cnc2n1CC(=O)Nc1ccc(C(F)(F)F)cc1Cl. The molecule has 2 amide bonds. The highest BCUT2D eigenvalue weighted by atomic mass is 35.5. The lowest BCUT2D eigenvalue weighted by Gasteiger charge is -2.42. The fourth-order valence-electron chi connectivity index (χ4n) is 6.62. The summed E-state index contributed by atoms with van der Waals surface area (Å²) in [6.45, 7) is 3.89. The Labute approximate surface area is 301 Å². The number of carbonyl (C=O) groups excluding carboxylic acids is 2. The van der Waals surface area contributed by atoms with Crippen molar-refractivity contribution < 1.29 is 32.6 Å². The molecule has 0 unspecified atom stereocenters. The zero-order valence-corrected chi connectivity index (χ0v) is 29.6. The van der Waals surface area contributed by atoms with Crippen molar-refractivity contribution in [3.63, 3.8) is 0 Å². The van der Waals surface area contributed by atoms with Crippen LogP contribution in [-0.2, 0) is 28.7 Å². The molecule has 2 N–H and O–H groups in total. The Morgan fingerprint density at radius 2 is 1.87 bits per heavy atom. The molecule has 18 heteroatoms. The van der Waals surface area contributed by atoms with Gasteiger partial charge in [0, 0.05) is 46.0 Å². The molecule has 0 spiro atoms. The molecule has 1 aromatic carbocycles. The van der Waals surface area contributed by atoms with Crippen molar-refractivity contribution in [2.45, 2.75) is 58.0 Å². The maximum Gasteiger partial charge on any atom is 0.416 e. The Morgan fingerprint density at radius 3 is 2.48 bits per heavy atom. The molecule has 1 aliphatic heterocycles.